The molecule has 1 saturated carbocycles. The summed E-state index contributed by atoms with van der Waals surface area (Å²) in [6.45, 7) is 3.78. The van der Waals surface area contributed by atoms with Gasteiger partial charge in [-0.25, -0.2) is 0 Å². The van der Waals surface area contributed by atoms with Crippen molar-refractivity contribution < 1.29 is 9.59 Å². The van der Waals surface area contributed by atoms with Crippen LogP contribution in [-0.4, -0.2) is 39.4 Å². The Labute approximate surface area is 210 Å². The molecule has 2 amide bonds. The molecule has 36 heavy (non-hydrogen) atoms. The average molecular weight is 479 g/mol. The van der Waals surface area contributed by atoms with Gasteiger partial charge in [0.2, 0.25) is 5.91 Å². The van der Waals surface area contributed by atoms with E-state index in [1.54, 1.807) is 0 Å². The molecule has 0 radical (unpaired) electrons. The highest BCUT2D eigenvalue weighted by molar-refractivity contribution is 6.24. The Hall–Kier alpha value is -3.67. The third-order valence-electron chi connectivity index (χ3n) is 8.84. The molecule has 0 atom stereocenters. The van der Waals surface area contributed by atoms with Crippen molar-refractivity contribution in [1.82, 2.24) is 14.5 Å². The Morgan fingerprint density at radius 1 is 1.08 bits per heavy atom. The number of benzene rings is 2. The number of carbonyl (C=O) groups is 2. The summed E-state index contributed by atoms with van der Waals surface area (Å²) in [4.78, 5) is 31.9. The van der Waals surface area contributed by atoms with E-state index in [0.29, 0.717) is 11.9 Å². The van der Waals surface area contributed by atoms with E-state index in [2.05, 4.69) is 51.1 Å². The van der Waals surface area contributed by atoms with Crippen molar-refractivity contribution in [3.8, 4) is 0 Å². The molecule has 0 unspecified atom stereocenters. The number of rotatable bonds is 4. The van der Waals surface area contributed by atoms with Gasteiger partial charge in [0.25, 0.3) is 5.91 Å². The number of hydrogen-bond donors (Lipinski definition) is 1. The Kier molecular flexibility index (Phi) is 4.75. The first-order valence-electron chi connectivity index (χ1n) is 13.1. The fraction of sp³-hybridized carbons (Fsp3) is 0.367. The summed E-state index contributed by atoms with van der Waals surface area (Å²) in [6.07, 6.45) is 12.1. The molecular formula is C30H30N4O2. The molecule has 4 heterocycles. The van der Waals surface area contributed by atoms with Crippen LogP contribution in [0.4, 0.5) is 5.69 Å². The maximum absolute atomic E-state index is 13.0. The molecule has 1 N–H and O–H groups in total. The molecule has 2 aromatic heterocycles. The lowest BCUT2D eigenvalue weighted by Crippen LogP contribution is -2.49. The summed E-state index contributed by atoms with van der Waals surface area (Å²) in [5.41, 5.74) is 5.18. The number of fused-ring (bicyclic) bond motifs is 1. The predicted octanol–water partition coefficient (Wildman–Crippen LogP) is 5.70. The van der Waals surface area contributed by atoms with Gasteiger partial charge < -0.3 is 14.8 Å². The quantitative estimate of drug-likeness (QED) is 0.409. The van der Waals surface area contributed by atoms with Gasteiger partial charge in [0, 0.05) is 65.4 Å². The maximum atomic E-state index is 13.0. The van der Waals surface area contributed by atoms with Gasteiger partial charge in [-0.15, -0.1) is 0 Å². The van der Waals surface area contributed by atoms with Gasteiger partial charge in [0.05, 0.1) is 11.7 Å². The molecule has 4 aromatic rings. The van der Waals surface area contributed by atoms with Gasteiger partial charge in [-0.2, -0.15) is 0 Å². The van der Waals surface area contributed by atoms with Crippen molar-refractivity contribution in [2.45, 2.75) is 51.5 Å². The standard InChI is InChI=1S/C30H30N4O2/c1-30(11-3-12-30)29(36)33-14-9-21(10-15-33)34-18-20(22-8-13-31-17-26(22)34)16-19-6-7-25-27-23(19)4-2-5-24(27)28(35)32-25/h2,4-8,13,17-18,21H,3,9-12,14-16H2,1H3,(H,32,35). The van der Waals surface area contributed by atoms with Crippen LogP contribution in [0, 0.1) is 5.41 Å². The van der Waals surface area contributed by atoms with Crippen LogP contribution in [0.5, 0.6) is 0 Å². The number of piperidine rings is 1. The summed E-state index contributed by atoms with van der Waals surface area (Å²) < 4.78 is 2.40. The van der Waals surface area contributed by atoms with Crippen molar-refractivity contribution in [1.29, 1.82) is 0 Å². The zero-order valence-corrected chi connectivity index (χ0v) is 20.6. The molecule has 1 aliphatic carbocycles. The Balaban J connectivity index is 1.19. The van der Waals surface area contributed by atoms with Gasteiger partial charge in [0.15, 0.2) is 0 Å². The van der Waals surface area contributed by atoms with Gasteiger partial charge in [-0.3, -0.25) is 14.6 Å². The van der Waals surface area contributed by atoms with Crippen LogP contribution in [0.15, 0.2) is 55.0 Å². The molecule has 3 aliphatic rings. The highest BCUT2D eigenvalue weighted by Gasteiger charge is 2.42. The first-order chi connectivity index (χ1) is 17.5. The number of anilines is 1. The zero-order valence-electron chi connectivity index (χ0n) is 20.6. The van der Waals surface area contributed by atoms with Crippen molar-refractivity contribution in [3.63, 3.8) is 0 Å². The van der Waals surface area contributed by atoms with E-state index in [1.165, 1.54) is 22.9 Å². The fourth-order valence-electron chi connectivity index (χ4n) is 6.57. The largest absolute Gasteiger partial charge is 0.343 e. The van der Waals surface area contributed by atoms with E-state index < -0.39 is 0 Å². The fourth-order valence-corrected chi connectivity index (χ4v) is 6.57. The van der Waals surface area contributed by atoms with Crippen molar-refractivity contribution in [2.75, 3.05) is 18.4 Å². The minimum absolute atomic E-state index is 0.0217. The lowest BCUT2D eigenvalue weighted by molar-refractivity contribution is -0.147. The number of pyridine rings is 1. The number of nitrogens with one attached hydrogen (secondary N) is 1. The number of nitrogens with zero attached hydrogens (tertiary/aromatic N) is 3. The van der Waals surface area contributed by atoms with Gasteiger partial charge in [0.1, 0.15) is 0 Å². The van der Waals surface area contributed by atoms with Crippen molar-refractivity contribution in [3.05, 3.63) is 71.7 Å². The van der Waals surface area contributed by atoms with Crippen LogP contribution in [0.1, 0.15) is 66.6 Å². The van der Waals surface area contributed by atoms with E-state index in [0.717, 1.165) is 72.7 Å². The van der Waals surface area contributed by atoms with Crippen molar-refractivity contribution >= 4 is 39.2 Å². The summed E-state index contributed by atoms with van der Waals surface area (Å²) >= 11 is 0. The summed E-state index contributed by atoms with van der Waals surface area (Å²) in [5.74, 6) is 0.332. The van der Waals surface area contributed by atoms with Gasteiger partial charge in [-0.05, 0) is 60.4 Å². The first kappa shape index (κ1) is 21.6. The van der Waals surface area contributed by atoms with Gasteiger partial charge in [-0.1, -0.05) is 31.5 Å². The minimum Gasteiger partial charge on any atom is -0.343 e. The topological polar surface area (TPSA) is 67.2 Å². The Morgan fingerprint density at radius 3 is 2.69 bits per heavy atom. The summed E-state index contributed by atoms with van der Waals surface area (Å²) in [6, 6.07) is 12.6. The van der Waals surface area contributed by atoms with Crippen LogP contribution < -0.4 is 5.32 Å². The van der Waals surface area contributed by atoms with Gasteiger partial charge >= 0.3 is 0 Å². The predicted molar refractivity (Wildman–Crippen MR) is 141 cm³/mol. The number of aromatic nitrogens is 2. The van der Waals surface area contributed by atoms with Crippen LogP contribution in [-0.2, 0) is 11.2 Å². The van der Waals surface area contributed by atoms with Crippen LogP contribution in [0.2, 0.25) is 0 Å². The normalized spacial score (nSPS) is 19.0. The Bertz CT molecular complexity index is 1540. The second kappa shape index (κ2) is 7.92. The van der Waals surface area contributed by atoms with Crippen LogP contribution >= 0.6 is 0 Å². The monoisotopic (exact) mass is 478 g/mol. The zero-order chi connectivity index (χ0) is 24.4. The third kappa shape index (κ3) is 3.20. The summed E-state index contributed by atoms with van der Waals surface area (Å²) in [7, 11) is 0. The molecule has 182 valence electrons. The molecule has 0 bridgehead atoms. The molecule has 0 spiro atoms. The van der Waals surface area contributed by atoms with Crippen LogP contribution in [0.3, 0.4) is 0 Å². The van der Waals surface area contributed by atoms with E-state index >= 15 is 0 Å². The highest BCUT2D eigenvalue weighted by Crippen LogP contribution is 2.43. The molecule has 1 saturated heterocycles. The molecule has 2 aromatic carbocycles. The third-order valence-corrected chi connectivity index (χ3v) is 8.84. The Morgan fingerprint density at radius 2 is 1.92 bits per heavy atom. The van der Waals surface area contributed by atoms with E-state index in [1.807, 2.05) is 30.6 Å². The van der Waals surface area contributed by atoms with E-state index in [9.17, 15) is 9.59 Å². The number of amides is 2. The lowest BCUT2D eigenvalue weighted by Gasteiger charge is -2.43. The SMILES string of the molecule is CC1(C(=O)N2CCC(n3cc(Cc4ccc5c6c(cccc46)C(=O)N5)c4ccncc43)CC2)CCC1. The van der Waals surface area contributed by atoms with Crippen molar-refractivity contribution in [2.24, 2.45) is 5.41 Å². The molecule has 6 heteroatoms. The average Bonchev–Trinajstić information content (AvgIpc) is 3.42. The molecule has 2 fully saturated rings. The molecule has 2 aliphatic heterocycles. The van der Waals surface area contributed by atoms with Crippen LogP contribution in [0.25, 0.3) is 21.7 Å². The highest BCUT2D eigenvalue weighted by atomic mass is 16.2. The van der Waals surface area contributed by atoms with E-state index in [4.69, 9.17) is 0 Å². The number of likely N-dealkylation sites (tertiary alicyclic amines) is 1. The molecule has 7 rings (SSSR count). The number of hydrogen-bond acceptors (Lipinski definition) is 3. The first-order valence-corrected chi connectivity index (χ1v) is 13.1. The van der Waals surface area contributed by atoms with E-state index in [-0.39, 0.29) is 11.3 Å². The second-order valence-corrected chi connectivity index (χ2v) is 11.0. The summed E-state index contributed by atoms with van der Waals surface area (Å²) in [5, 5.41) is 6.38. The smallest absolute Gasteiger partial charge is 0.256 e. The second-order valence-electron chi connectivity index (χ2n) is 11.0. The molecular weight excluding hydrogens is 448 g/mol. The lowest BCUT2D eigenvalue weighted by atomic mass is 9.69. The maximum Gasteiger partial charge on any atom is 0.256 e. The minimum atomic E-state index is -0.121. The number of carbonyl (C=O) groups excluding carboxylic acids is 2. The molecule has 6 nitrogen and oxygen atoms in total.